The molecule has 3 aromatic carbocycles. The van der Waals surface area contributed by atoms with Crippen molar-refractivity contribution in [2.45, 2.75) is 47.0 Å². The molecule has 15 aromatic rings. The Bertz CT molecular complexity index is 5310. The van der Waals surface area contributed by atoms with Crippen LogP contribution in [0.1, 0.15) is 40.4 Å². The van der Waals surface area contributed by atoms with Crippen LogP contribution in [-0.2, 0) is 26.2 Å². The van der Waals surface area contributed by atoms with Gasteiger partial charge in [0.15, 0.2) is 40.1 Å². The molecule has 15 rings (SSSR count). The second kappa shape index (κ2) is 25.1. The minimum atomic E-state index is 0.149. The van der Waals surface area contributed by atoms with Crippen LogP contribution >= 0.6 is 0 Å². The average Bonchev–Trinajstić information content (AvgIpc) is 1.66. The van der Waals surface area contributed by atoms with Crippen molar-refractivity contribution < 1.29 is 18.9 Å². The topological polar surface area (TPSA) is 288 Å². The predicted octanol–water partition coefficient (Wildman–Crippen LogP) is 12.2. The van der Waals surface area contributed by atoms with E-state index in [4.69, 9.17) is 69.0 Å². The van der Waals surface area contributed by atoms with Crippen LogP contribution in [0.3, 0.4) is 0 Å². The molecule has 0 unspecified atom stereocenters. The maximum absolute atomic E-state index is 6.23. The van der Waals surface area contributed by atoms with E-state index in [0.29, 0.717) is 82.9 Å². The number of benzene rings is 3. The molecule has 0 atom stereocenters. The molecule has 12 heterocycles. The molecule has 0 bridgehead atoms. The summed E-state index contributed by atoms with van der Waals surface area (Å²) in [4.78, 5) is 54.4. The second-order valence-corrected chi connectivity index (χ2v) is 22.4. The number of aromatic nitrogens is 18. The zero-order chi connectivity index (χ0) is 64.5. The number of methoxy groups -OCH3 is 3. The van der Waals surface area contributed by atoms with Gasteiger partial charge in [-0.25, -0.2) is 43.5 Å². The number of nitrogens with zero attached hydrogens (tertiary/aromatic N) is 15. The van der Waals surface area contributed by atoms with E-state index in [2.05, 4.69) is 41.0 Å². The summed E-state index contributed by atoms with van der Waals surface area (Å²) in [6, 6.07) is 48.8. The maximum atomic E-state index is 6.23. The quantitative estimate of drug-likeness (QED) is 0.0367. The number of fused-ring (bicyclic) bond motifs is 3. The van der Waals surface area contributed by atoms with E-state index in [1.807, 2.05) is 191 Å². The van der Waals surface area contributed by atoms with Crippen molar-refractivity contribution in [3.05, 3.63) is 217 Å². The summed E-state index contributed by atoms with van der Waals surface area (Å²) in [6.45, 7) is 7.22. The van der Waals surface area contributed by atoms with Crippen molar-refractivity contribution in [2.75, 3.05) is 37.3 Å². The summed E-state index contributed by atoms with van der Waals surface area (Å²) in [6.07, 6.45) is 7.30. The fourth-order valence-corrected chi connectivity index (χ4v) is 11.4. The van der Waals surface area contributed by atoms with Gasteiger partial charge in [0.25, 0.3) is 0 Å². The van der Waals surface area contributed by atoms with Gasteiger partial charge in [0.05, 0.1) is 103 Å². The first-order valence-electron chi connectivity index (χ1n) is 30.5. The van der Waals surface area contributed by atoms with Gasteiger partial charge in [-0.05, 0) is 142 Å². The van der Waals surface area contributed by atoms with E-state index in [1.165, 1.54) is 6.33 Å². The monoisotopic (exact) mass is 1260 g/mol. The number of aromatic amines is 3. The number of anilines is 3. The van der Waals surface area contributed by atoms with Crippen LogP contribution in [0.15, 0.2) is 177 Å². The number of nitrogens with one attached hydrogen (secondary N) is 6. The highest BCUT2D eigenvalue weighted by Crippen LogP contribution is 2.38. The number of ether oxygens (including phenoxy) is 4. The molecule has 25 nitrogen and oxygen atoms in total. The van der Waals surface area contributed by atoms with Gasteiger partial charge >= 0.3 is 0 Å². The Balaban J connectivity index is 0.614. The molecular formula is C70H61N21O4. The maximum Gasteiger partial charge on any atom is 0.189 e. The fourth-order valence-electron chi connectivity index (χ4n) is 11.4. The van der Waals surface area contributed by atoms with E-state index < -0.39 is 0 Å². The first kappa shape index (κ1) is 58.6. The normalized spacial score (nSPS) is 11.4. The third-order valence-corrected chi connectivity index (χ3v) is 15.9. The smallest absolute Gasteiger partial charge is 0.189 e. The van der Waals surface area contributed by atoms with Crippen LogP contribution < -0.4 is 34.9 Å². The van der Waals surface area contributed by atoms with Crippen molar-refractivity contribution in [3.8, 4) is 102 Å². The zero-order valence-electron chi connectivity index (χ0n) is 52.4. The number of para-hydroxylation sites is 1. The van der Waals surface area contributed by atoms with Gasteiger partial charge in [0.1, 0.15) is 41.9 Å². The number of H-pyrrole nitrogens is 3. The minimum Gasteiger partial charge on any atom is -0.496 e. The van der Waals surface area contributed by atoms with Crippen LogP contribution in [0, 0.1) is 20.8 Å². The Labute approximate surface area is 542 Å². The van der Waals surface area contributed by atoms with Gasteiger partial charge in [0.2, 0.25) is 0 Å². The molecule has 95 heavy (non-hydrogen) atoms. The number of hydrogen-bond acceptors (Lipinski definition) is 19. The first-order valence-corrected chi connectivity index (χ1v) is 30.5. The fraction of sp³-hybridized carbons (Fsp3) is 0.143. The van der Waals surface area contributed by atoms with E-state index in [1.54, 1.807) is 34.9 Å². The molecule has 6 N–H and O–H groups in total. The summed E-state index contributed by atoms with van der Waals surface area (Å²) in [5.41, 5.74) is 17.3. The molecule has 0 spiro atoms. The summed E-state index contributed by atoms with van der Waals surface area (Å²) in [7, 11) is 4.87. The lowest BCUT2D eigenvalue weighted by Crippen LogP contribution is -2.04. The van der Waals surface area contributed by atoms with Gasteiger partial charge in [-0.3, -0.25) is 15.0 Å². The molecule has 0 fully saturated rings. The number of rotatable bonds is 22. The second-order valence-electron chi connectivity index (χ2n) is 22.4. The van der Waals surface area contributed by atoms with Gasteiger partial charge < -0.3 is 49.8 Å². The molecule has 0 amide bonds. The Kier molecular flexibility index (Phi) is 15.5. The van der Waals surface area contributed by atoms with Crippen molar-refractivity contribution >= 4 is 34.0 Å². The summed E-state index contributed by atoms with van der Waals surface area (Å²) in [5.74, 6) is 5.62. The number of pyridine rings is 6. The van der Waals surface area contributed by atoms with Crippen molar-refractivity contribution in [3.63, 3.8) is 0 Å². The van der Waals surface area contributed by atoms with Crippen LogP contribution in [0.4, 0.5) is 17.1 Å². The number of aryl methyl sites for hydroxylation is 3. The lowest BCUT2D eigenvalue weighted by Gasteiger charge is -2.13. The van der Waals surface area contributed by atoms with Crippen molar-refractivity contribution in [2.24, 2.45) is 0 Å². The van der Waals surface area contributed by atoms with Gasteiger partial charge in [-0.2, -0.15) is 5.10 Å². The summed E-state index contributed by atoms with van der Waals surface area (Å²) in [5, 5.41) is 24.6. The Morgan fingerprint density at radius 1 is 0.442 bits per heavy atom. The van der Waals surface area contributed by atoms with Crippen LogP contribution in [0.25, 0.3) is 96.3 Å². The summed E-state index contributed by atoms with van der Waals surface area (Å²) >= 11 is 0. The first-order chi connectivity index (χ1) is 46.5. The molecular weight excluding hydrogens is 1200 g/mol. The van der Waals surface area contributed by atoms with Gasteiger partial charge in [-0.15, -0.1) is 10.2 Å². The Hall–Kier alpha value is -12.8. The number of hydrogen-bond donors (Lipinski definition) is 6. The van der Waals surface area contributed by atoms with Crippen LogP contribution in [-0.4, -0.2) is 110 Å². The zero-order valence-corrected chi connectivity index (χ0v) is 52.4. The average molecular weight is 1260 g/mol. The molecule has 12 aromatic heterocycles. The van der Waals surface area contributed by atoms with Crippen LogP contribution in [0.5, 0.6) is 23.0 Å². The minimum absolute atomic E-state index is 0.149. The molecule has 0 aliphatic heterocycles. The Morgan fingerprint density at radius 3 is 1.53 bits per heavy atom. The largest absolute Gasteiger partial charge is 0.496 e. The highest BCUT2D eigenvalue weighted by Gasteiger charge is 2.23. The highest BCUT2D eigenvalue weighted by atomic mass is 16.5. The highest BCUT2D eigenvalue weighted by molar-refractivity contribution is 5.80. The third kappa shape index (κ3) is 12.1. The van der Waals surface area contributed by atoms with Crippen LogP contribution in [0.2, 0.25) is 0 Å². The molecule has 470 valence electrons. The van der Waals surface area contributed by atoms with Gasteiger partial charge in [0, 0.05) is 69.8 Å². The Morgan fingerprint density at radius 2 is 0.958 bits per heavy atom. The molecule has 0 radical (unpaired) electrons. The third-order valence-electron chi connectivity index (χ3n) is 15.9. The predicted molar refractivity (Wildman–Crippen MR) is 360 cm³/mol. The van der Waals surface area contributed by atoms with E-state index in [9.17, 15) is 0 Å². The molecule has 25 heteroatoms. The summed E-state index contributed by atoms with van der Waals surface area (Å²) < 4.78 is 28.6. The van der Waals surface area contributed by atoms with Gasteiger partial charge in [-0.1, -0.05) is 24.3 Å². The van der Waals surface area contributed by atoms with E-state index >= 15 is 0 Å². The lowest BCUT2D eigenvalue weighted by atomic mass is 10.1. The van der Waals surface area contributed by atoms with E-state index in [-0.39, 0.29) is 6.61 Å². The molecule has 0 saturated carbocycles. The molecule has 0 aliphatic rings. The molecule has 0 aliphatic carbocycles. The van der Waals surface area contributed by atoms with E-state index in [0.717, 1.165) is 113 Å². The lowest BCUT2D eigenvalue weighted by molar-refractivity contribution is 0.296. The SMILES string of the molecule is COc1cc(NCc2nc(-c3ccc4ncnn4c3)c(-c3cccc(C)n3)[nH]2)ccc1-c1nc2ccc(-c3nc(CNc4ccc(OCc5nc6ccc(-c7nc(CNc8cccc(OC)c8OC)[nH]c7-c7cccc(C)n7)cn6n5)cc4)[nH]c3-c3cccc(C)n3)cn2n1. The van der Waals surface area contributed by atoms with Crippen molar-refractivity contribution in [1.82, 2.24) is 88.6 Å². The van der Waals surface area contributed by atoms with Crippen molar-refractivity contribution in [1.29, 1.82) is 0 Å². The standard InChI is InChI=1S/C70H61N21O4/c1-40-11-7-14-50(76-40)66-63(43-19-28-60-74-39-75-89(60)35-43)81-57(84-66)33-72-47-24-27-49(55(31-47)93-5)70-86-62-30-21-45(37-91(62)88-70)65-67(51-15-8-12-41(2)77-51)83-56(80-65)32-71-46-22-25-48(26-23-46)95-38-59-79-61-29-20-44(36-90(61)87-59)64-68(52-16-9-13-42(3)78-52)85-58(82-64)34-73-53-17-10-18-54(92-4)69(53)94-6/h7-31,35-37,39,71-73H,32-34,38H2,1-6H3,(H,80,83)(H,81,84)(H,82,85). The number of imidazole rings is 3. The molecule has 0 saturated heterocycles.